The highest BCUT2D eigenvalue weighted by Crippen LogP contribution is 2.24. The number of rotatable bonds is 2. The largest absolute Gasteiger partial charge is 0.489 e. The van der Waals surface area contributed by atoms with Crippen LogP contribution in [0.15, 0.2) is 24.3 Å². The maximum absolute atomic E-state index is 5.48. The van der Waals surface area contributed by atoms with Crippen LogP contribution < -0.4 is 10.5 Å². The Bertz CT molecular complexity index is 331. The minimum Gasteiger partial charge on any atom is -0.489 e. The van der Waals surface area contributed by atoms with Gasteiger partial charge in [-0.2, -0.15) is 0 Å². The number of benzene rings is 1. The first-order chi connectivity index (χ1) is 6.40. The average Bonchev–Trinajstić information content (AvgIpc) is 2.18. The minimum atomic E-state index is 0.680. The standard InChI is InChI=1S/C11H13NO/c12-6-5-9-3-4-10-2-1-7-13-11(10)8-9/h1-4,8H,5-7,12H2. The molecule has 1 heterocycles. The van der Waals surface area contributed by atoms with Gasteiger partial charge in [-0.3, -0.25) is 0 Å². The summed E-state index contributed by atoms with van der Waals surface area (Å²) in [5, 5.41) is 0. The van der Waals surface area contributed by atoms with Gasteiger partial charge < -0.3 is 10.5 Å². The Balaban J connectivity index is 2.31. The van der Waals surface area contributed by atoms with Crippen molar-refractivity contribution in [2.45, 2.75) is 6.42 Å². The lowest BCUT2D eigenvalue weighted by molar-refractivity contribution is 0.358. The highest BCUT2D eigenvalue weighted by molar-refractivity contribution is 5.60. The first kappa shape index (κ1) is 8.32. The third kappa shape index (κ3) is 1.73. The third-order valence-corrected chi connectivity index (χ3v) is 2.14. The molecule has 2 heteroatoms. The zero-order valence-electron chi connectivity index (χ0n) is 7.49. The molecular formula is C11H13NO. The third-order valence-electron chi connectivity index (χ3n) is 2.14. The van der Waals surface area contributed by atoms with Crippen molar-refractivity contribution in [3.05, 3.63) is 35.4 Å². The predicted molar refractivity (Wildman–Crippen MR) is 53.7 cm³/mol. The molecule has 2 rings (SSSR count). The van der Waals surface area contributed by atoms with Crippen molar-refractivity contribution in [1.29, 1.82) is 0 Å². The Morgan fingerprint density at radius 3 is 3.15 bits per heavy atom. The molecule has 0 fully saturated rings. The van der Waals surface area contributed by atoms with Gasteiger partial charge in [0, 0.05) is 5.56 Å². The Kier molecular flexibility index (Phi) is 2.32. The van der Waals surface area contributed by atoms with Gasteiger partial charge in [-0.15, -0.1) is 0 Å². The van der Waals surface area contributed by atoms with Crippen molar-refractivity contribution in [3.8, 4) is 5.75 Å². The fourth-order valence-electron chi connectivity index (χ4n) is 1.48. The van der Waals surface area contributed by atoms with Crippen LogP contribution in [0.4, 0.5) is 0 Å². The van der Waals surface area contributed by atoms with Crippen molar-refractivity contribution in [3.63, 3.8) is 0 Å². The maximum Gasteiger partial charge on any atom is 0.127 e. The molecule has 1 aromatic rings. The van der Waals surface area contributed by atoms with E-state index in [-0.39, 0.29) is 0 Å². The van der Waals surface area contributed by atoms with Crippen LogP contribution in [-0.4, -0.2) is 13.2 Å². The van der Waals surface area contributed by atoms with Gasteiger partial charge in [-0.05, 0) is 30.7 Å². The molecule has 0 saturated carbocycles. The van der Waals surface area contributed by atoms with Crippen LogP contribution in [-0.2, 0) is 6.42 Å². The van der Waals surface area contributed by atoms with E-state index in [1.807, 2.05) is 6.08 Å². The summed E-state index contributed by atoms with van der Waals surface area (Å²) in [5.41, 5.74) is 7.89. The predicted octanol–water partition coefficient (Wildman–Crippen LogP) is 1.59. The molecule has 0 aliphatic carbocycles. The van der Waals surface area contributed by atoms with Crippen LogP contribution in [0.1, 0.15) is 11.1 Å². The number of hydrogen-bond donors (Lipinski definition) is 1. The number of ether oxygens (including phenoxy) is 1. The Morgan fingerprint density at radius 1 is 1.38 bits per heavy atom. The van der Waals surface area contributed by atoms with Crippen LogP contribution in [0.2, 0.25) is 0 Å². The van der Waals surface area contributed by atoms with Gasteiger partial charge in [-0.25, -0.2) is 0 Å². The van der Waals surface area contributed by atoms with Gasteiger partial charge in [0.15, 0.2) is 0 Å². The van der Waals surface area contributed by atoms with E-state index in [9.17, 15) is 0 Å². The zero-order chi connectivity index (χ0) is 9.10. The highest BCUT2D eigenvalue weighted by Gasteiger charge is 2.05. The van der Waals surface area contributed by atoms with Gasteiger partial charge in [-0.1, -0.05) is 18.2 Å². The van der Waals surface area contributed by atoms with Gasteiger partial charge in [0.1, 0.15) is 12.4 Å². The Morgan fingerprint density at radius 2 is 2.31 bits per heavy atom. The van der Waals surface area contributed by atoms with Crippen molar-refractivity contribution in [2.75, 3.05) is 13.2 Å². The second kappa shape index (κ2) is 3.62. The minimum absolute atomic E-state index is 0.680. The van der Waals surface area contributed by atoms with E-state index in [0.717, 1.165) is 17.7 Å². The van der Waals surface area contributed by atoms with E-state index in [1.54, 1.807) is 0 Å². The van der Waals surface area contributed by atoms with Gasteiger partial charge in [0.05, 0.1) is 0 Å². The second-order valence-corrected chi connectivity index (χ2v) is 3.12. The first-order valence-corrected chi connectivity index (χ1v) is 4.52. The van der Waals surface area contributed by atoms with Crippen molar-refractivity contribution >= 4 is 6.08 Å². The van der Waals surface area contributed by atoms with E-state index < -0.39 is 0 Å². The van der Waals surface area contributed by atoms with Crippen LogP contribution in [0.25, 0.3) is 6.08 Å². The lowest BCUT2D eigenvalue weighted by Gasteiger charge is -2.13. The fourth-order valence-corrected chi connectivity index (χ4v) is 1.48. The van der Waals surface area contributed by atoms with Crippen LogP contribution >= 0.6 is 0 Å². The van der Waals surface area contributed by atoms with Gasteiger partial charge >= 0.3 is 0 Å². The molecule has 0 aromatic heterocycles. The lowest BCUT2D eigenvalue weighted by Crippen LogP contribution is -2.05. The summed E-state index contributed by atoms with van der Waals surface area (Å²) >= 11 is 0. The summed E-state index contributed by atoms with van der Waals surface area (Å²) in [7, 11) is 0. The molecule has 68 valence electrons. The topological polar surface area (TPSA) is 35.2 Å². The molecule has 13 heavy (non-hydrogen) atoms. The molecular weight excluding hydrogens is 162 g/mol. The van der Waals surface area contributed by atoms with Crippen LogP contribution in [0.3, 0.4) is 0 Å². The maximum atomic E-state index is 5.48. The molecule has 0 bridgehead atoms. The van der Waals surface area contributed by atoms with Crippen molar-refractivity contribution in [1.82, 2.24) is 0 Å². The van der Waals surface area contributed by atoms with Crippen LogP contribution in [0, 0.1) is 0 Å². The van der Waals surface area contributed by atoms with Gasteiger partial charge in [0.25, 0.3) is 0 Å². The summed E-state index contributed by atoms with van der Waals surface area (Å²) in [6, 6.07) is 6.26. The molecule has 0 amide bonds. The molecule has 1 aromatic carbocycles. The van der Waals surface area contributed by atoms with Gasteiger partial charge in [0.2, 0.25) is 0 Å². The molecule has 0 spiro atoms. The molecule has 2 nitrogen and oxygen atoms in total. The molecule has 0 radical (unpaired) electrons. The average molecular weight is 175 g/mol. The summed E-state index contributed by atoms with van der Waals surface area (Å²) < 4.78 is 5.48. The summed E-state index contributed by atoms with van der Waals surface area (Å²) in [5.74, 6) is 0.980. The Hall–Kier alpha value is -1.28. The van der Waals surface area contributed by atoms with E-state index in [1.165, 1.54) is 5.56 Å². The van der Waals surface area contributed by atoms with E-state index in [4.69, 9.17) is 10.5 Å². The van der Waals surface area contributed by atoms with Crippen molar-refractivity contribution in [2.24, 2.45) is 5.73 Å². The SMILES string of the molecule is NCCc1ccc2c(c1)OCC=C2. The van der Waals surface area contributed by atoms with E-state index >= 15 is 0 Å². The van der Waals surface area contributed by atoms with Crippen LogP contribution in [0.5, 0.6) is 5.75 Å². The fraction of sp³-hybridized carbons (Fsp3) is 0.273. The quantitative estimate of drug-likeness (QED) is 0.740. The lowest BCUT2D eigenvalue weighted by atomic mass is 10.1. The molecule has 0 unspecified atom stereocenters. The smallest absolute Gasteiger partial charge is 0.127 e. The monoisotopic (exact) mass is 175 g/mol. The molecule has 1 aliphatic rings. The van der Waals surface area contributed by atoms with E-state index in [0.29, 0.717) is 13.2 Å². The number of hydrogen-bond acceptors (Lipinski definition) is 2. The normalized spacial score (nSPS) is 13.6. The first-order valence-electron chi connectivity index (χ1n) is 4.52. The van der Waals surface area contributed by atoms with Crippen molar-refractivity contribution < 1.29 is 4.74 Å². The molecule has 0 saturated heterocycles. The molecule has 0 atom stereocenters. The summed E-state index contributed by atoms with van der Waals surface area (Å²) in [6.07, 6.45) is 5.02. The second-order valence-electron chi connectivity index (χ2n) is 3.12. The molecule has 1 aliphatic heterocycles. The van der Waals surface area contributed by atoms with E-state index in [2.05, 4.69) is 24.3 Å². The number of fused-ring (bicyclic) bond motifs is 1. The zero-order valence-corrected chi connectivity index (χ0v) is 7.49. The summed E-state index contributed by atoms with van der Waals surface area (Å²) in [6.45, 7) is 1.37. The summed E-state index contributed by atoms with van der Waals surface area (Å²) in [4.78, 5) is 0. The molecule has 2 N–H and O–H groups in total. The highest BCUT2D eigenvalue weighted by atomic mass is 16.5. The number of nitrogens with two attached hydrogens (primary N) is 1. The Labute approximate surface area is 78.0 Å².